The van der Waals surface area contributed by atoms with Gasteiger partial charge in [-0.1, -0.05) is 12.1 Å². The zero-order valence-electron chi connectivity index (χ0n) is 24.8. The zero-order chi connectivity index (χ0) is 29.9. The lowest BCUT2D eigenvalue weighted by molar-refractivity contribution is 0.261. The lowest BCUT2D eigenvalue weighted by Gasteiger charge is -2.13. The molecule has 6 rings (SSSR count). The molecule has 0 amide bonds. The van der Waals surface area contributed by atoms with Crippen molar-refractivity contribution in [3.63, 3.8) is 0 Å². The number of benzene rings is 2. The number of H-pyrrole nitrogens is 2. The molecule has 220 valence electrons. The van der Waals surface area contributed by atoms with Gasteiger partial charge >= 0.3 is 0 Å². The standard InChI is InChI=1S/C33H35FN8O/c1-41(2)11-10-36-24-15-21(14-23(34)17-24)26-6-5-7-29-27(26)18-31(37-29)33-32-30(39-40-33)9-8-28(38-32)22-16-25(20-35-19-22)43-13-12-42(3)4/h5-9,14-20,36-37H,10-13H2,1-4H3,(H,39,40). The number of halogens is 1. The van der Waals surface area contributed by atoms with Gasteiger partial charge in [0.1, 0.15) is 29.4 Å². The molecule has 0 fully saturated rings. The molecule has 0 atom stereocenters. The van der Waals surface area contributed by atoms with Crippen LogP contribution in [0.25, 0.3) is 55.7 Å². The number of nitrogens with zero attached hydrogens (tertiary/aromatic N) is 5. The molecule has 2 aromatic carbocycles. The Bertz CT molecular complexity index is 1880. The minimum atomic E-state index is -0.283. The minimum absolute atomic E-state index is 0.283. The lowest BCUT2D eigenvalue weighted by atomic mass is 10.0. The topological polar surface area (TPSA) is 98.0 Å². The van der Waals surface area contributed by atoms with E-state index in [1.165, 1.54) is 6.07 Å². The number of anilines is 1. The Hall–Kier alpha value is -4.80. The van der Waals surface area contributed by atoms with Crippen molar-refractivity contribution >= 4 is 27.6 Å². The highest BCUT2D eigenvalue weighted by Gasteiger charge is 2.16. The molecule has 10 heteroatoms. The predicted octanol–water partition coefficient (Wildman–Crippen LogP) is 5.89. The Morgan fingerprint density at radius 1 is 0.884 bits per heavy atom. The highest BCUT2D eigenvalue weighted by atomic mass is 19.1. The van der Waals surface area contributed by atoms with Crippen molar-refractivity contribution in [2.45, 2.75) is 0 Å². The summed E-state index contributed by atoms with van der Waals surface area (Å²) < 4.78 is 20.6. The molecular weight excluding hydrogens is 543 g/mol. The number of ether oxygens (including phenoxy) is 1. The van der Waals surface area contributed by atoms with Gasteiger partial charge in [-0.15, -0.1) is 0 Å². The maximum atomic E-state index is 14.7. The van der Waals surface area contributed by atoms with Crippen LogP contribution in [-0.4, -0.2) is 89.4 Å². The molecule has 0 saturated heterocycles. The summed E-state index contributed by atoms with van der Waals surface area (Å²) in [6.45, 7) is 2.96. The molecule has 0 spiro atoms. The number of nitrogens with one attached hydrogen (secondary N) is 3. The molecule has 0 saturated carbocycles. The summed E-state index contributed by atoms with van der Waals surface area (Å²) in [4.78, 5) is 17.0. The normalized spacial score (nSPS) is 11.7. The van der Waals surface area contributed by atoms with Crippen molar-refractivity contribution in [3.05, 3.63) is 78.9 Å². The van der Waals surface area contributed by atoms with E-state index in [1.807, 2.05) is 70.7 Å². The summed E-state index contributed by atoms with van der Waals surface area (Å²) in [6.07, 6.45) is 3.50. The molecule has 0 radical (unpaired) electrons. The molecule has 0 bridgehead atoms. The van der Waals surface area contributed by atoms with Gasteiger partial charge in [-0.05, 0) is 87.8 Å². The Morgan fingerprint density at radius 2 is 1.74 bits per heavy atom. The zero-order valence-corrected chi connectivity index (χ0v) is 24.8. The van der Waals surface area contributed by atoms with Crippen LogP contribution in [0.3, 0.4) is 0 Å². The van der Waals surface area contributed by atoms with Gasteiger partial charge in [-0.25, -0.2) is 9.37 Å². The Balaban J connectivity index is 1.33. The monoisotopic (exact) mass is 578 g/mol. The predicted molar refractivity (Wildman–Crippen MR) is 171 cm³/mol. The molecular formula is C33H35FN8O. The van der Waals surface area contributed by atoms with Crippen LogP contribution in [-0.2, 0) is 0 Å². The molecule has 6 aromatic rings. The summed E-state index contributed by atoms with van der Waals surface area (Å²) in [5.74, 6) is 0.416. The maximum absolute atomic E-state index is 14.7. The van der Waals surface area contributed by atoms with E-state index >= 15 is 0 Å². The molecule has 4 heterocycles. The molecule has 0 unspecified atom stereocenters. The van der Waals surface area contributed by atoms with Crippen molar-refractivity contribution in [1.29, 1.82) is 0 Å². The van der Waals surface area contributed by atoms with Crippen molar-refractivity contribution in [1.82, 2.24) is 34.9 Å². The van der Waals surface area contributed by atoms with E-state index < -0.39 is 0 Å². The smallest absolute Gasteiger partial charge is 0.138 e. The van der Waals surface area contributed by atoms with E-state index in [0.29, 0.717) is 18.1 Å². The summed E-state index contributed by atoms with van der Waals surface area (Å²) >= 11 is 0. The minimum Gasteiger partial charge on any atom is -0.491 e. The second-order valence-electron chi connectivity index (χ2n) is 11.1. The van der Waals surface area contributed by atoms with Crippen molar-refractivity contribution in [3.8, 4) is 39.5 Å². The number of fused-ring (bicyclic) bond motifs is 2. The molecule has 0 aliphatic heterocycles. The second kappa shape index (κ2) is 12.2. The fourth-order valence-electron chi connectivity index (χ4n) is 5.04. The first kappa shape index (κ1) is 28.3. The summed E-state index contributed by atoms with van der Waals surface area (Å²) in [6, 6.07) is 19.0. The number of hydrogen-bond donors (Lipinski definition) is 3. The number of rotatable bonds is 11. The van der Waals surface area contributed by atoms with Crippen LogP contribution in [0, 0.1) is 5.82 Å². The SMILES string of the molecule is CN(C)CCNc1cc(F)cc(-c2cccc3[nH]c(-c4n[nH]c5ccc(-c6cncc(OCCN(C)C)c6)nc45)cc23)c1. The van der Waals surface area contributed by atoms with Gasteiger partial charge in [0, 0.05) is 48.0 Å². The van der Waals surface area contributed by atoms with Crippen LogP contribution >= 0.6 is 0 Å². The molecule has 3 N–H and O–H groups in total. The first-order valence-corrected chi connectivity index (χ1v) is 14.2. The lowest BCUT2D eigenvalue weighted by Crippen LogP contribution is -2.20. The number of pyridine rings is 2. The van der Waals surface area contributed by atoms with Gasteiger partial charge < -0.3 is 24.8 Å². The van der Waals surface area contributed by atoms with Gasteiger partial charge in [0.2, 0.25) is 0 Å². The first-order valence-electron chi connectivity index (χ1n) is 14.2. The Labute approximate surface area is 249 Å². The Morgan fingerprint density at radius 3 is 2.58 bits per heavy atom. The quantitative estimate of drug-likeness (QED) is 0.176. The summed E-state index contributed by atoms with van der Waals surface area (Å²) in [7, 11) is 8.05. The van der Waals surface area contributed by atoms with Gasteiger partial charge in [-0.3, -0.25) is 10.1 Å². The van der Waals surface area contributed by atoms with E-state index in [4.69, 9.17) is 9.72 Å². The molecule has 0 aliphatic carbocycles. The maximum Gasteiger partial charge on any atom is 0.138 e. The summed E-state index contributed by atoms with van der Waals surface area (Å²) in [5.41, 5.74) is 8.12. The third kappa shape index (κ3) is 6.35. The van der Waals surface area contributed by atoms with Crippen molar-refractivity contribution < 1.29 is 9.13 Å². The molecule has 4 aromatic heterocycles. The third-order valence-corrected chi connectivity index (χ3v) is 7.24. The van der Waals surface area contributed by atoms with E-state index in [9.17, 15) is 4.39 Å². The van der Waals surface area contributed by atoms with Crippen LogP contribution < -0.4 is 10.1 Å². The van der Waals surface area contributed by atoms with Crippen LogP contribution in [0.5, 0.6) is 5.75 Å². The number of hydrogen-bond acceptors (Lipinski definition) is 7. The average molecular weight is 579 g/mol. The van der Waals surface area contributed by atoms with Gasteiger partial charge in [0.15, 0.2) is 0 Å². The summed E-state index contributed by atoms with van der Waals surface area (Å²) in [5, 5.41) is 12.0. The number of aromatic amines is 2. The largest absolute Gasteiger partial charge is 0.491 e. The number of aromatic nitrogens is 5. The van der Waals surface area contributed by atoms with Crippen molar-refractivity contribution in [2.24, 2.45) is 0 Å². The van der Waals surface area contributed by atoms with Crippen molar-refractivity contribution in [2.75, 3.05) is 59.7 Å². The molecule has 0 aliphatic rings. The molecule has 43 heavy (non-hydrogen) atoms. The fraction of sp³-hybridized carbons (Fsp3) is 0.242. The second-order valence-corrected chi connectivity index (χ2v) is 11.1. The average Bonchev–Trinajstić information content (AvgIpc) is 3.60. The fourth-order valence-corrected chi connectivity index (χ4v) is 5.04. The highest BCUT2D eigenvalue weighted by Crippen LogP contribution is 2.35. The third-order valence-electron chi connectivity index (χ3n) is 7.24. The van der Waals surface area contributed by atoms with Crippen LogP contribution in [0.1, 0.15) is 0 Å². The molecule has 9 nitrogen and oxygen atoms in total. The first-order chi connectivity index (χ1) is 20.8. The van der Waals surface area contributed by atoms with Gasteiger partial charge in [-0.2, -0.15) is 5.10 Å². The van der Waals surface area contributed by atoms with E-state index in [1.54, 1.807) is 18.5 Å². The Kier molecular flexibility index (Phi) is 8.04. The van der Waals surface area contributed by atoms with Gasteiger partial charge in [0.25, 0.3) is 0 Å². The van der Waals surface area contributed by atoms with Crippen LogP contribution in [0.15, 0.2) is 73.1 Å². The van der Waals surface area contributed by atoms with E-state index in [0.717, 1.165) is 75.3 Å². The van der Waals surface area contributed by atoms with E-state index in [2.05, 4.69) is 41.3 Å². The highest BCUT2D eigenvalue weighted by molar-refractivity contribution is 6.00. The number of likely N-dealkylation sites (N-methyl/N-ethyl adjacent to an activating group) is 2. The van der Waals surface area contributed by atoms with Gasteiger partial charge in [0.05, 0.1) is 23.1 Å². The van der Waals surface area contributed by atoms with E-state index in [-0.39, 0.29) is 5.82 Å². The van der Waals surface area contributed by atoms with Crippen LogP contribution in [0.4, 0.5) is 10.1 Å². The van der Waals surface area contributed by atoms with Crippen LogP contribution in [0.2, 0.25) is 0 Å².